The lowest BCUT2D eigenvalue weighted by Gasteiger charge is -2.38. The van der Waals surface area contributed by atoms with Gasteiger partial charge in [0, 0.05) is 66.1 Å². The van der Waals surface area contributed by atoms with E-state index in [9.17, 15) is 28.8 Å². The van der Waals surface area contributed by atoms with E-state index in [2.05, 4.69) is 30.7 Å². The van der Waals surface area contributed by atoms with Gasteiger partial charge in [0.05, 0.1) is 34.7 Å². The number of carbonyl (C=O) groups excluding carboxylic acids is 3. The Morgan fingerprint density at radius 1 is 0.889 bits per heavy atom. The molecule has 15 nitrogen and oxygen atoms in total. The molecule has 2 aromatic carbocycles. The summed E-state index contributed by atoms with van der Waals surface area (Å²) in [7, 11) is 1.51. The van der Waals surface area contributed by atoms with Gasteiger partial charge in [-0.05, 0) is 141 Å². The van der Waals surface area contributed by atoms with Gasteiger partial charge in [-0.2, -0.15) is 0 Å². The van der Waals surface area contributed by atoms with Crippen molar-refractivity contribution in [2.24, 2.45) is 18.9 Å². The molecule has 1 atom stereocenters. The van der Waals surface area contributed by atoms with E-state index in [0.29, 0.717) is 59.4 Å². The molecule has 3 aliphatic heterocycles. The standard InChI is InChI=1S/C46H49FIN9O6/c1-26-40-39(41(53(2)44(26)61)51-37-10-6-30(48)21-36(37)47)45(62)57(32-7-8-32)46(63)56(40)33-5-3-4-31(22-33)50-42(59)28-14-16-54(17-15-28)25-27-12-18-55(19-13-27)34-20-29(23-49-24-34)35-9-11-38(58)52-43(35)60/h3-6,10,20-24,27-28,32,35,51H,7-9,11-19,25H2,1-2H3,(H,50,59)(H,52,58,60). The Hall–Kier alpha value is -5.69. The number of fused-ring (bicyclic) bond motifs is 1. The van der Waals surface area contributed by atoms with Crippen molar-refractivity contribution >= 4 is 74.1 Å². The predicted octanol–water partition coefficient (Wildman–Crippen LogP) is 5.46. The minimum atomic E-state index is -0.588. The van der Waals surface area contributed by atoms with E-state index in [1.54, 1.807) is 43.5 Å². The molecule has 3 amide bonds. The van der Waals surface area contributed by atoms with Crippen LogP contribution in [0.3, 0.4) is 0 Å². The average Bonchev–Trinajstić information content (AvgIpc) is 4.11. The fraction of sp³-hybridized carbons (Fsp3) is 0.413. The molecule has 0 radical (unpaired) electrons. The molecule has 63 heavy (non-hydrogen) atoms. The SMILES string of the molecule is Cc1c(=O)n(C)c(Nc2ccc(I)cc2F)c2c(=O)n(C3CC3)c(=O)n(-c3cccc(NC(=O)C4CCN(CC5CCN(c6cncc(C7CCC(=O)NC7=O)c6)CC5)CC4)c3)c12. The van der Waals surface area contributed by atoms with Crippen molar-refractivity contribution in [2.45, 2.75) is 70.3 Å². The molecule has 1 saturated carbocycles. The molecule has 0 bridgehead atoms. The van der Waals surface area contributed by atoms with Crippen molar-refractivity contribution in [3.8, 4) is 5.69 Å². The molecule has 1 unspecified atom stereocenters. The first-order valence-electron chi connectivity index (χ1n) is 21.6. The predicted molar refractivity (Wildman–Crippen MR) is 247 cm³/mol. The molecule has 4 aliphatic rings. The van der Waals surface area contributed by atoms with Crippen molar-refractivity contribution in [1.82, 2.24) is 28.9 Å². The third kappa shape index (κ3) is 8.56. The fourth-order valence-corrected chi connectivity index (χ4v) is 9.93. The normalized spacial score (nSPS) is 19.0. The van der Waals surface area contributed by atoms with Crippen molar-refractivity contribution in [3.05, 3.63) is 113 Å². The Morgan fingerprint density at radius 3 is 2.37 bits per heavy atom. The van der Waals surface area contributed by atoms with Gasteiger partial charge in [0.15, 0.2) is 0 Å². The highest BCUT2D eigenvalue weighted by Crippen LogP contribution is 2.35. The number of halogens is 2. The summed E-state index contributed by atoms with van der Waals surface area (Å²) in [6, 6.07) is 13.2. The van der Waals surface area contributed by atoms with E-state index < -0.39 is 22.6 Å². The summed E-state index contributed by atoms with van der Waals surface area (Å²) in [4.78, 5) is 89.4. The average molecular weight is 970 g/mol. The minimum Gasteiger partial charge on any atom is -0.370 e. The second-order valence-corrected chi connectivity index (χ2v) is 18.6. The number of nitrogens with one attached hydrogen (secondary N) is 3. The molecule has 0 spiro atoms. The van der Waals surface area contributed by atoms with Gasteiger partial charge in [-0.1, -0.05) is 6.07 Å². The molecule has 328 valence electrons. The number of aromatic nitrogens is 4. The van der Waals surface area contributed by atoms with Gasteiger partial charge in [0.25, 0.3) is 11.1 Å². The van der Waals surface area contributed by atoms with Crippen molar-refractivity contribution < 1.29 is 18.8 Å². The van der Waals surface area contributed by atoms with Crippen LogP contribution in [0.2, 0.25) is 0 Å². The lowest BCUT2D eigenvalue weighted by molar-refractivity contribution is -0.134. The summed E-state index contributed by atoms with van der Waals surface area (Å²) in [6.07, 6.45) is 9.14. The number of piperidine rings is 3. The summed E-state index contributed by atoms with van der Waals surface area (Å²) in [5.41, 5.74) is 1.46. The Morgan fingerprint density at radius 2 is 1.65 bits per heavy atom. The topological polar surface area (TPSA) is 173 Å². The molecule has 9 rings (SSSR count). The number of pyridine rings is 2. The third-order valence-corrected chi connectivity index (χ3v) is 13.8. The highest BCUT2D eigenvalue weighted by molar-refractivity contribution is 14.1. The first-order chi connectivity index (χ1) is 30.3. The molecule has 3 N–H and O–H groups in total. The number of rotatable bonds is 10. The van der Waals surface area contributed by atoms with Gasteiger partial charge in [0.2, 0.25) is 17.7 Å². The van der Waals surface area contributed by atoms with E-state index in [1.807, 2.05) is 34.9 Å². The summed E-state index contributed by atoms with van der Waals surface area (Å²) in [5.74, 6) is -1.12. The molecule has 3 saturated heterocycles. The van der Waals surface area contributed by atoms with Gasteiger partial charge in [-0.15, -0.1) is 0 Å². The number of benzene rings is 2. The minimum absolute atomic E-state index is 0.0713. The number of carbonyl (C=O) groups is 3. The van der Waals surface area contributed by atoms with Crippen LogP contribution < -0.4 is 37.7 Å². The maximum atomic E-state index is 15.2. The zero-order valence-electron chi connectivity index (χ0n) is 35.2. The van der Waals surface area contributed by atoms with Gasteiger partial charge in [-0.25, -0.2) is 9.18 Å². The van der Waals surface area contributed by atoms with Crippen LogP contribution in [0, 0.1) is 28.1 Å². The van der Waals surface area contributed by atoms with Gasteiger partial charge in [0.1, 0.15) is 17.0 Å². The number of amides is 3. The molecule has 3 aromatic heterocycles. The van der Waals surface area contributed by atoms with Crippen LogP contribution in [0.1, 0.15) is 74.5 Å². The summed E-state index contributed by atoms with van der Waals surface area (Å²) in [6.45, 7) is 5.91. The maximum absolute atomic E-state index is 15.2. The number of nitrogens with zero attached hydrogens (tertiary/aromatic N) is 6. The van der Waals surface area contributed by atoms with Crippen molar-refractivity contribution in [1.29, 1.82) is 0 Å². The zero-order valence-corrected chi connectivity index (χ0v) is 37.3. The fourth-order valence-electron chi connectivity index (χ4n) is 9.48. The zero-order chi connectivity index (χ0) is 44.1. The van der Waals surface area contributed by atoms with Crippen molar-refractivity contribution in [3.63, 3.8) is 0 Å². The first-order valence-corrected chi connectivity index (χ1v) is 22.7. The Kier molecular flexibility index (Phi) is 11.8. The second-order valence-electron chi connectivity index (χ2n) is 17.4. The third-order valence-electron chi connectivity index (χ3n) is 13.2. The Labute approximate surface area is 375 Å². The number of hydrogen-bond donors (Lipinski definition) is 3. The number of aryl methyl sites for hydroxylation is 1. The summed E-state index contributed by atoms with van der Waals surface area (Å²) in [5, 5.41) is 8.60. The van der Waals surface area contributed by atoms with E-state index in [-0.39, 0.29) is 63.6 Å². The maximum Gasteiger partial charge on any atom is 0.336 e. The van der Waals surface area contributed by atoms with Crippen LogP contribution >= 0.6 is 22.6 Å². The number of hydrogen-bond acceptors (Lipinski definition) is 10. The smallest absolute Gasteiger partial charge is 0.336 e. The number of likely N-dealkylation sites (tertiary alicyclic amines) is 1. The van der Waals surface area contributed by atoms with Crippen LogP contribution in [0.5, 0.6) is 0 Å². The second kappa shape index (κ2) is 17.5. The van der Waals surface area contributed by atoms with E-state index in [0.717, 1.165) is 56.8 Å². The number of imide groups is 1. The lowest BCUT2D eigenvalue weighted by atomic mass is 9.90. The Balaban J connectivity index is 0.870. The van der Waals surface area contributed by atoms with E-state index >= 15 is 4.39 Å². The van der Waals surface area contributed by atoms with Gasteiger partial charge < -0.3 is 20.4 Å². The quantitative estimate of drug-likeness (QED) is 0.121. The lowest BCUT2D eigenvalue weighted by Crippen LogP contribution is -2.43. The molecule has 6 heterocycles. The highest BCUT2D eigenvalue weighted by Gasteiger charge is 2.33. The monoisotopic (exact) mass is 969 g/mol. The van der Waals surface area contributed by atoms with Gasteiger partial charge in [-0.3, -0.25) is 48.0 Å². The van der Waals surface area contributed by atoms with Crippen LogP contribution in [0.4, 0.5) is 27.3 Å². The van der Waals surface area contributed by atoms with E-state index in [1.165, 1.54) is 32.9 Å². The molecular formula is C46H49FIN9O6. The summed E-state index contributed by atoms with van der Waals surface area (Å²) >= 11 is 2.00. The van der Waals surface area contributed by atoms with Crippen LogP contribution in [-0.2, 0) is 21.4 Å². The Bertz CT molecular complexity index is 2840. The van der Waals surface area contributed by atoms with Crippen LogP contribution in [-0.4, -0.2) is 74.0 Å². The molecule has 17 heteroatoms. The molecule has 4 fully saturated rings. The van der Waals surface area contributed by atoms with Crippen LogP contribution in [0.25, 0.3) is 16.6 Å². The van der Waals surface area contributed by atoms with E-state index in [4.69, 9.17) is 0 Å². The highest BCUT2D eigenvalue weighted by atomic mass is 127. The first kappa shape index (κ1) is 42.6. The number of anilines is 4. The molecule has 1 aliphatic carbocycles. The van der Waals surface area contributed by atoms with Gasteiger partial charge >= 0.3 is 5.69 Å². The van der Waals surface area contributed by atoms with Crippen LogP contribution in [0.15, 0.2) is 75.3 Å². The largest absolute Gasteiger partial charge is 0.370 e. The summed E-state index contributed by atoms with van der Waals surface area (Å²) < 4.78 is 19.7. The molecular weight excluding hydrogens is 920 g/mol. The van der Waals surface area contributed by atoms with Crippen molar-refractivity contribution in [2.75, 3.05) is 48.3 Å². The molecule has 5 aromatic rings.